The number of hydrogen-bond donors (Lipinski definition) is 2. The zero-order valence-electron chi connectivity index (χ0n) is 12.0. The number of likely N-dealkylation sites (tertiary alicyclic amines) is 1. The Morgan fingerprint density at radius 1 is 1.43 bits per heavy atom. The van der Waals surface area contributed by atoms with E-state index in [0.717, 1.165) is 13.0 Å². The summed E-state index contributed by atoms with van der Waals surface area (Å²) >= 11 is 0. The van der Waals surface area contributed by atoms with E-state index < -0.39 is 0 Å². The number of rotatable bonds is 5. The largest absolute Gasteiger partial charge is 0.398 e. The van der Waals surface area contributed by atoms with Crippen molar-refractivity contribution in [2.45, 2.75) is 32.4 Å². The quantitative estimate of drug-likeness (QED) is 0.768. The first-order chi connectivity index (χ1) is 9.95. The van der Waals surface area contributed by atoms with Crippen LogP contribution in [0.3, 0.4) is 0 Å². The number of nitrogen functional groups attached to an aromatic ring is 1. The number of amides is 2. The van der Waals surface area contributed by atoms with Gasteiger partial charge < -0.3 is 20.5 Å². The average Bonchev–Trinajstić information content (AvgIpc) is 2.79. The second-order valence-electron chi connectivity index (χ2n) is 5.34. The van der Waals surface area contributed by atoms with Crippen molar-refractivity contribution in [3.8, 4) is 0 Å². The molecule has 1 atom stereocenters. The highest BCUT2D eigenvalue weighted by atomic mass is 16.2. The Balaban J connectivity index is 1.87. The zero-order chi connectivity index (χ0) is 15.4. The number of carbonyl (C=O) groups is 2. The van der Waals surface area contributed by atoms with Gasteiger partial charge in [-0.3, -0.25) is 14.4 Å². The molecule has 7 heteroatoms. The lowest BCUT2D eigenvalue weighted by Crippen LogP contribution is -2.44. The molecule has 1 unspecified atom stereocenters. The van der Waals surface area contributed by atoms with Gasteiger partial charge in [0.2, 0.25) is 11.8 Å². The highest BCUT2D eigenvalue weighted by molar-refractivity contribution is 5.78. The normalized spacial score (nSPS) is 16.0. The maximum atomic E-state index is 11.9. The number of aromatic nitrogens is 1. The number of nitrogens with one attached hydrogen (secondary N) is 1. The van der Waals surface area contributed by atoms with Crippen LogP contribution in [0.5, 0.6) is 0 Å². The standard InChI is InChI=1S/C14H20N4O3/c1-10(7-17-6-2-3-13(17)20)16-12(19)9-18-8-11(15)4-5-14(18)21/h4-5,8,10H,2-3,6-7,9,15H2,1H3,(H,16,19). The second kappa shape index (κ2) is 6.43. The summed E-state index contributed by atoms with van der Waals surface area (Å²) in [5.74, 6) is -0.148. The van der Waals surface area contributed by atoms with Crippen LogP contribution in [0.2, 0.25) is 0 Å². The average molecular weight is 292 g/mol. The topological polar surface area (TPSA) is 97.4 Å². The predicted octanol–water partition coefficient (Wildman–Crippen LogP) is -0.442. The summed E-state index contributed by atoms with van der Waals surface area (Å²) in [6, 6.07) is 2.67. The van der Waals surface area contributed by atoms with Crippen LogP contribution in [0.25, 0.3) is 0 Å². The van der Waals surface area contributed by atoms with Crippen LogP contribution in [0.4, 0.5) is 5.69 Å². The van der Waals surface area contributed by atoms with Crippen molar-refractivity contribution in [3.05, 3.63) is 28.7 Å². The summed E-state index contributed by atoms with van der Waals surface area (Å²) < 4.78 is 1.26. The van der Waals surface area contributed by atoms with E-state index in [1.54, 1.807) is 4.90 Å². The van der Waals surface area contributed by atoms with Crippen molar-refractivity contribution in [2.24, 2.45) is 0 Å². The molecule has 1 aromatic rings. The van der Waals surface area contributed by atoms with Gasteiger partial charge in [0.15, 0.2) is 0 Å². The predicted molar refractivity (Wildman–Crippen MR) is 78.5 cm³/mol. The van der Waals surface area contributed by atoms with E-state index in [1.165, 1.54) is 22.9 Å². The molecule has 0 spiro atoms. The molecule has 1 aliphatic heterocycles. The van der Waals surface area contributed by atoms with Crippen LogP contribution in [0, 0.1) is 0 Å². The molecule has 1 aliphatic rings. The molecule has 0 aromatic carbocycles. The van der Waals surface area contributed by atoms with Gasteiger partial charge in [-0.05, 0) is 19.4 Å². The fraction of sp³-hybridized carbons (Fsp3) is 0.500. The van der Waals surface area contributed by atoms with Gasteiger partial charge in [-0.1, -0.05) is 0 Å². The SMILES string of the molecule is CC(CN1CCCC1=O)NC(=O)Cn1cc(N)ccc1=O. The van der Waals surface area contributed by atoms with Gasteiger partial charge in [0.1, 0.15) is 6.54 Å². The Morgan fingerprint density at radius 2 is 2.19 bits per heavy atom. The van der Waals surface area contributed by atoms with Gasteiger partial charge in [-0.15, -0.1) is 0 Å². The number of pyridine rings is 1. The van der Waals surface area contributed by atoms with Gasteiger partial charge in [0.05, 0.1) is 0 Å². The first kappa shape index (κ1) is 15.1. The molecule has 2 rings (SSSR count). The van der Waals surface area contributed by atoms with E-state index in [1.807, 2.05) is 6.92 Å². The summed E-state index contributed by atoms with van der Waals surface area (Å²) in [5.41, 5.74) is 5.75. The van der Waals surface area contributed by atoms with Gasteiger partial charge in [-0.2, -0.15) is 0 Å². The number of hydrogen-bond acceptors (Lipinski definition) is 4. The molecule has 21 heavy (non-hydrogen) atoms. The lowest BCUT2D eigenvalue weighted by Gasteiger charge is -2.21. The fourth-order valence-corrected chi connectivity index (χ4v) is 2.42. The van der Waals surface area contributed by atoms with E-state index in [0.29, 0.717) is 18.7 Å². The Bertz CT molecular complexity index is 596. The fourth-order valence-electron chi connectivity index (χ4n) is 2.42. The Labute approximate surface area is 122 Å². The second-order valence-corrected chi connectivity index (χ2v) is 5.34. The van der Waals surface area contributed by atoms with Crippen LogP contribution >= 0.6 is 0 Å². The number of nitrogens with zero attached hydrogens (tertiary/aromatic N) is 2. The van der Waals surface area contributed by atoms with Crippen molar-refractivity contribution in [2.75, 3.05) is 18.8 Å². The van der Waals surface area contributed by atoms with E-state index >= 15 is 0 Å². The molecule has 0 bridgehead atoms. The summed E-state index contributed by atoms with van der Waals surface area (Å²) in [4.78, 5) is 36.8. The van der Waals surface area contributed by atoms with Gasteiger partial charge in [0.25, 0.3) is 5.56 Å². The summed E-state index contributed by atoms with van der Waals surface area (Å²) in [5, 5.41) is 2.79. The molecule has 1 aromatic heterocycles. The number of nitrogens with two attached hydrogens (primary N) is 1. The highest BCUT2D eigenvalue weighted by Crippen LogP contribution is 2.09. The first-order valence-electron chi connectivity index (χ1n) is 6.99. The molecular formula is C14H20N4O3. The third kappa shape index (κ3) is 4.08. The van der Waals surface area contributed by atoms with Gasteiger partial charge >= 0.3 is 0 Å². The number of anilines is 1. The smallest absolute Gasteiger partial charge is 0.251 e. The minimum atomic E-state index is -0.276. The lowest BCUT2D eigenvalue weighted by atomic mass is 10.3. The van der Waals surface area contributed by atoms with Crippen LogP contribution in [-0.2, 0) is 16.1 Å². The first-order valence-corrected chi connectivity index (χ1v) is 6.99. The van der Waals surface area contributed by atoms with Crippen LogP contribution < -0.4 is 16.6 Å². The Morgan fingerprint density at radius 3 is 2.86 bits per heavy atom. The van der Waals surface area contributed by atoms with E-state index in [9.17, 15) is 14.4 Å². The monoisotopic (exact) mass is 292 g/mol. The maximum absolute atomic E-state index is 11.9. The molecule has 7 nitrogen and oxygen atoms in total. The van der Waals surface area contributed by atoms with Crippen LogP contribution in [-0.4, -0.2) is 40.4 Å². The van der Waals surface area contributed by atoms with Crippen LogP contribution in [0.15, 0.2) is 23.1 Å². The van der Waals surface area contributed by atoms with Crippen molar-refractivity contribution in [1.82, 2.24) is 14.8 Å². The minimum Gasteiger partial charge on any atom is -0.398 e. The third-order valence-corrected chi connectivity index (χ3v) is 3.39. The third-order valence-electron chi connectivity index (χ3n) is 3.39. The molecule has 3 N–H and O–H groups in total. The minimum absolute atomic E-state index is 0.0812. The summed E-state index contributed by atoms with van der Waals surface area (Å²) in [6.07, 6.45) is 2.90. The molecule has 1 fully saturated rings. The van der Waals surface area contributed by atoms with Crippen molar-refractivity contribution in [1.29, 1.82) is 0 Å². The summed E-state index contributed by atoms with van der Waals surface area (Å²) in [7, 11) is 0. The van der Waals surface area contributed by atoms with E-state index in [4.69, 9.17) is 5.73 Å². The van der Waals surface area contributed by atoms with Crippen molar-refractivity contribution in [3.63, 3.8) is 0 Å². The maximum Gasteiger partial charge on any atom is 0.251 e. The van der Waals surface area contributed by atoms with Crippen molar-refractivity contribution < 1.29 is 9.59 Å². The molecule has 1 saturated heterocycles. The molecule has 2 heterocycles. The van der Waals surface area contributed by atoms with E-state index in [-0.39, 0.29) is 30.0 Å². The van der Waals surface area contributed by atoms with E-state index in [2.05, 4.69) is 5.32 Å². The molecular weight excluding hydrogens is 272 g/mol. The molecule has 114 valence electrons. The lowest BCUT2D eigenvalue weighted by molar-refractivity contribution is -0.129. The number of carbonyl (C=O) groups excluding carboxylic acids is 2. The van der Waals surface area contributed by atoms with Crippen LogP contribution in [0.1, 0.15) is 19.8 Å². The summed E-state index contributed by atoms with van der Waals surface area (Å²) in [6.45, 7) is 3.00. The molecule has 0 aliphatic carbocycles. The molecule has 2 amide bonds. The Kier molecular flexibility index (Phi) is 4.62. The van der Waals surface area contributed by atoms with Gasteiger partial charge in [0, 0.05) is 43.5 Å². The highest BCUT2D eigenvalue weighted by Gasteiger charge is 2.22. The van der Waals surface area contributed by atoms with Gasteiger partial charge in [-0.25, -0.2) is 0 Å². The molecule has 0 saturated carbocycles. The Hall–Kier alpha value is -2.31. The molecule has 0 radical (unpaired) electrons. The van der Waals surface area contributed by atoms with Crippen molar-refractivity contribution >= 4 is 17.5 Å². The zero-order valence-corrected chi connectivity index (χ0v) is 12.0.